The first-order valence-electron chi connectivity index (χ1n) is 5.07. The van der Waals surface area contributed by atoms with Gasteiger partial charge >= 0.3 is 0 Å². The van der Waals surface area contributed by atoms with Gasteiger partial charge in [-0.3, -0.25) is 0 Å². The molecule has 1 rings (SSSR count). The Labute approximate surface area is 115 Å². The number of aromatic nitrogens is 1. The molecular weight excluding hydrogens is 324 g/mol. The topological polar surface area (TPSA) is 88.5 Å². The van der Waals surface area contributed by atoms with Crippen LogP contribution in [0.4, 0.5) is 0 Å². The molecule has 0 amide bonds. The van der Waals surface area contributed by atoms with E-state index in [1.807, 2.05) is 0 Å². The van der Waals surface area contributed by atoms with E-state index < -0.39 is 15.6 Å². The second kappa shape index (κ2) is 5.52. The number of nitrogens with one attached hydrogen (secondary N) is 1. The molecule has 0 aliphatic heterocycles. The minimum atomic E-state index is -3.80. The molecule has 0 radical (unpaired) electrons. The van der Waals surface area contributed by atoms with Crippen molar-refractivity contribution in [2.24, 2.45) is 0 Å². The Morgan fingerprint density at radius 1 is 1.50 bits per heavy atom. The number of pyridine rings is 1. The van der Waals surface area contributed by atoms with Crippen LogP contribution >= 0.6 is 15.9 Å². The zero-order valence-electron chi connectivity index (χ0n) is 10.3. The molecule has 0 aliphatic rings. The number of aliphatic hydroxyl groups excluding tert-OH is 1. The molecule has 2 N–H and O–H groups in total. The van der Waals surface area contributed by atoms with Crippen molar-refractivity contribution in [3.63, 3.8) is 0 Å². The van der Waals surface area contributed by atoms with E-state index in [4.69, 9.17) is 9.84 Å². The SMILES string of the molecule is COc1nc(S(=O)(=O)NC(C)(C)CO)ccc1Br. The summed E-state index contributed by atoms with van der Waals surface area (Å²) in [5.74, 6) is 0.180. The largest absolute Gasteiger partial charge is 0.480 e. The summed E-state index contributed by atoms with van der Waals surface area (Å²) in [6.07, 6.45) is 0. The molecule has 0 spiro atoms. The molecule has 0 aromatic carbocycles. The summed E-state index contributed by atoms with van der Waals surface area (Å²) >= 11 is 3.19. The number of halogens is 1. The fourth-order valence-electron chi connectivity index (χ4n) is 1.15. The van der Waals surface area contributed by atoms with Gasteiger partial charge in [0, 0.05) is 0 Å². The number of ether oxygens (including phenoxy) is 1. The summed E-state index contributed by atoms with van der Waals surface area (Å²) in [7, 11) is -2.40. The van der Waals surface area contributed by atoms with E-state index in [0.717, 1.165) is 0 Å². The number of hydrogen-bond donors (Lipinski definition) is 2. The van der Waals surface area contributed by atoms with Crippen LogP contribution in [-0.4, -0.2) is 37.8 Å². The van der Waals surface area contributed by atoms with Crippen molar-refractivity contribution in [2.45, 2.75) is 24.4 Å². The van der Waals surface area contributed by atoms with E-state index in [0.29, 0.717) is 4.47 Å². The van der Waals surface area contributed by atoms with Crippen LogP contribution in [0.15, 0.2) is 21.6 Å². The van der Waals surface area contributed by atoms with Crippen molar-refractivity contribution >= 4 is 26.0 Å². The van der Waals surface area contributed by atoms with E-state index in [1.165, 1.54) is 19.2 Å². The average Bonchev–Trinajstić information content (AvgIpc) is 2.28. The minimum Gasteiger partial charge on any atom is -0.480 e. The summed E-state index contributed by atoms with van der Waals surface area (Å²) < 4.78 is 31.9. The highest BCUT2D eigenvalue weighted by Crippen LogP contribution is 2.24. The molecule has 0 saturated heterocycles. The van der Waals surface area contributed by atoms with Crippen molar-refractivity contribution in [3.05, 3.63) is 16.6 Å². The Bertz CT molecular complexity index is 531. The lowest BCUT2D eigenvalue weighted by Gasteiger charge is -2.22. The van der Waals surface area contributed by atoms with Gasteiger partial charge in [0.1, 0.15) is 0 Å². The lowest BCUT2D eigenvalue weighted by Crippen LogP contribution is -2.46. The third-order valence-corrected chi connectivity index (χ3v) is 4.27. The molecule has 0 saturated carbocycles. The summed E-state index contributed by atoms with van der Waals surface area (Å²) in [6, 6.07) is 2.88. The van der Waals surface area contributed by atoms with Gasteiger partial charge in [-0.05, 0) is 41.9 Å². The van der Waals surface area contributed by atoms with Crippen LogP contribution in [-0.2, 0) is 10.0 Å². The number of methoxy groups -OCH3 is 1. The quantitative estimate of drug-likeness (QED) is 0.832. The predicted molar refractivity (Wildman–Crippen MR) is 70.0 cm³/mol. The zero-order chi connectivity index (χ0) is 14.0. The highest BCUT2D eigenvalue weighted by Gasteiger charge is 2.27. The number of sulfonamides is 1. The monoisotopic (exact) mass is 338 g/mol. The average molecular weight is 339 g/mol. The van der Waals surface area contributed by atoms with Crippen LogP contribution in [0.3, 0.4) is 0 Å². The number of nitrogens with zero attached hydrogens (tertiary/aromatic N) is 1. The van der Waals surface area contributed by atoms with Crippen molar-refractivity contribution in [1.29, 1.82) is 0 Å². The van der Waals surface area contributed by atoms with Gasteiger partial charge in [0.25, 0.3) is 10.0 Å². The highest BCUT2D eigenvalue weighted by atomic mass is 79.9. The fraction of sp³-hybridized carbons (Fsp3) is 0.500. The van der Waals surface area contributed by atoms with Crippen molar-refractivity contribution in [1.82, 2.24) is 9.71 Å². The van der Waals surface area contributed by atoms with Crippen LogP contribution in [0.25, 0.3) is 0 Å². The lowest BCUT2D eigenvalue weighted by atomic mass is 10.1. The number of rotatable bonds is 5. The molecule has 6 nitrogen and oxygen atoms in total. The molecule has 0 fully saturated rings. The second-order valence-corrected chi connectivity index (χ2v) is 6.77. The van der Waals surface area contributed by atoms with Crippen LogP contribution < -0.4 is 9.46 Å². The normalized spacial score (nSPS) is 12.5. The standard InChI is InChI=1S/C10H15BrN2O4S/c1-10(2,6-14)13-18(15,16)8-5-4-7(11)9(12-8)17-3/h4-5,13-14H,6H2,1-3H3. The second-order valence-electron chi connectivity index (χ2n) is 4.29. The van der Waals surface area contributed by atoms with E-state index in [9.17, 15) is 8.42 Å². The Balaban J connectivity index is 3.13. The Morgan fingerprint density at radius 3 is 2.61 bits per heavy atom. The first-order chi connectivity index (χ1) is 8.22. The van der Waals surface area contributed by atoms with Crippen LogP contribution in [0.2, 0.25) is 0 Å². The Morgan fingerprint density at radius 2 is 2.11 bits per heavy atom. The molecule has 0 aliphatic carbocycles. The van der Waals surface area contributed by atoms with E-state index in [-0.39, 0.29) is 17.5 Å². The highest BCUT2D eigenvalue weighted by molar-refractivity contribution is 9.10. The third-order valence-electron chi connectivity index (χ3n) is 2.06. The molecule has 1 heterocycles. The first-order valence-corrected chi connectivity index (χ1v) is 7.35. The molecule has 18 heavy (non-hydrogen) atoms. The molecule has 0 bridgehead atoms. The van der Waals surface area contributed by atoms with E-state index in [2.05, 4.69) is 25.6 Å². The van der Waals surface area contributed by atoms with Crippen molar-refractivity contribution < 1.29 is 18.3 Å². The molecule has 1 aromatic rings. The first kappa shape index (κ1) is 15.4. The van der Waals surface area contributed by atoms with Gasteiger partial charge in [-0.2, -0.15) is 4.98 Å². The maximum Gasteiger partial charge on any atom is 0.258 e. The maximum atomic E-state index is 12.0. The lowest BCUT2D eigenvalue weighted by molar-refractivity contribution is 0.208. The van der Waals surface area contributed by atoms with Crippen LogP contribution in [0, 0.1) is 0 Å². The summed E-state index contributed by atoms with van der Waals surface area (Å²) in [5, 5.41) is 8.91. The molecule has 1 aromatic heterocycles. The molecule has 0 atom stereocenters. The number of aliphatic hydroxyl groups is 1. The van der Waals surface area contributed by atoms with E-state index in [1.54, 1.807) is 13.8 Å². The van der Waals surface area contributed by atoms with Gasteiger partial charge in [-0.15, -0.1) is 0 Å². The minimum absolute atomic E-state index is 0.163. The Hall–Kier alpha value is -0.700. The van der Waals surface area contributed by atoms with E-state index >= 15 is 0 Å². The van der Waals surface area contributed by atoms with Gasteiger partial charge in [-0.25, -0.2) is 13.1 Å². The molecule has 0 unspecified atom stereocenters. The van der Waals surface area contributed by atoms with Gasteiger partial charge < -0.3 is 9.84 Å². The zero-order valence-corrected chi connectivity index (χ0v) is 12.7. The summed E-state index contributed by atoms with van der Waals surface area (Å²) in [6.45, 7) is 2.82. The molecule has 102 valence electrons. The van der Waals surface area contributed by atoms with Crippen molar-refractivity contribution in [2.75, 3.05) is 13.7 Å². The fourth-order valence-corrected chi connectivity index (χ4v) is 2.88. The summed E-state index contributed by atoms with van der Waals surface area (Å²) in [5.41, 5.74) is -0.958. The van der Waals surface area contributed by atoms with Crippen molar-refractivity contribution in [3.8, 4) is 5.88 Å². The third kappa shape index (κ3) is 3.64. The smallest absolute Gasteiger partial charge is 0.258 e. The number of hydrogen-bond acceptors (Lipinski definition) is 5. The molecule has 8 heteroatoms. The van der Waals surface area contributed by atoms with Crippen LogP contribution in [0.5, 0.6) is 5.88 Å². The van der Waals surface area contributed by atoms with Gasteiger partial charge in [0.05, 0.1) is 23.7 Å². The van der Waals surface area contributed by atoms with Gasteiger partial charge in [0.2, 0.25) is 5.88 Å². The maximum absolute atomic E-state index is 12.0. The molecular formula is C10H15BrN2O4S. The van der Waals surface area contributed by atoms with Gasteiger partial charge in [0.15, 0.2) is 5.03 Å². The Kier molecular flexibility index (Phi) is 4.71. The van der Waals surface area contributed by atoms with Gasteiger partial charge in [-0.1, -0.05) is 0 Å². The summed E-state index contributed by atoms with van der Waals surface area (Å²) in [4.78, 5) is 3.88. The predicted octanol–water partition coefficient (Wildman–Crippen LogP) is 0.902. The van der Waals surface area contributed by atoms with Crippen LogP contribution in [0.1, 0.15) is 13.8 Å².